The van der Waals surface area contributed by atoms with Crippen LogP contribution in [0.15, 0.2) is 17.4 Å². The summed E-state index contributed by atoms with van der Waals surface area (Å²) in [5.41, 5.74) is 1.33. The van der Waals surface area contributed by atoms with Gasteiger partial charge in [0.15, 0.2) is 12.7 Å². The molecule has 0 saturated heterocycles. The zero-order valence-corrected chi connectivity index (χ0v) is 7.85. The van der Waals surface area contributed by atoms with E-state index in [-0.39, 0.29) is 5.56 Å². The Morgan fingerprint density at radius 2 is 2.08 bits per heavy atom. The molecule has 2 aromatic rings. The zero-order valence-electron chi connectivity index (χ0n) is 7.85. The van der Waals surface area contributed by atoms with Gasteiger partial charge in [-0.25, -0.2) is 4.57 Å². The smallest absolute Gasteiger partial charge is 0.285 e. The van der Waals surface area contributed by atoms with Crippen molar-refractivity contribution < 1.29 is 4.57 Å². The fourth-order valence-corrected chi connectivity index (χ4v) is 1.46. The molecular weight excluding hydrogens is 168 g/mol. The van der Waals surface area contributed by atoms with E-state index in [4.69, 9.17) is 0 Å². The van der Waals surface area contributed by atoms with Crippen molar-refractivity contribution in [2.75, 3.05) is 0 Å². The van der Waals surface area contributed by atoms with Crippen LogP contribution in [0, 0.1) is 0 Å². The summed E-state index contributed by atoms with van der Waals surface area (Å²) < 4.78 is 5.09. The van der Waals surface area contributed by atoms with Crippen LogP contribution in [-0.2, 0) is 21.1 Å². The Hall–Kier alpha value is -1.65. The predicted octanol–water partition coefficient (Wildman–Crippen LogP) is -0.904. The molecule has 13 heavy (non-hydrogen) atoms. The highest BCUT2D eigenvalue weighted by molar-refractivity contribution is 5.65. The fraction of sp³-hybridized carbons (Fsp3) is 0.375. The Labute approximate surface area is 74.9 Å². The molecule has 0 N–H and O–H groups in total. The van der Waals surface area contributed by atoms with Crippen molar-refractivity contribution in [1.82, 2.24) is 14.1 Å². The lowest BCUT2D eigenvalue weighted by Crippen LogP contribution is -2.28. The lowest BCUT2D eigenvalue weighted by atomic mass is 10.5. The van der Waals surface area contributed by atoms with Gasteiger partial charge in [0, 0.05) is 7.05 Å². The third-order valence-electron chi connectivity index (χ3n) is 2.12. The van der Waals surface area contributed by atoms with E-state index in [0.29, 0.717) is 11.2 Å². The normalized spacial score (nSPS) is 11.0. The molecule has 2 aromatic heterocycles. The average Bonchev–Trinajstić information content (AvgIpc) is 2.35. The summed E-state index contributed by atoms with van der Waals surface area (Å²) in [4.78, 5) is 15.8. The van der Waals surface area contributed by atoms with Gasteiger partial charge < -0.3 is 0 Å². The minimum absolute atomic E-state index is 0.0203. The second-order valence-electron chi connectivity index (χ2n) is 3.17. The number of nitrogens with zero attached hydrogens (tertiary/aromatic N) is 4. The van der Waals surface area contributed by atoms with Gasteiger partial charge in [-0.2, -0.15) is 0 Å². The van der Waals surface area contributed by atoms with E-state index in [9.17, 15) is 4.79 Å². The van der Waals surface area contributed by atoms with Crippen LogP contribution in [0.5, 0.6) is 0 Å². The van der Waals surface area contributed by atoms with E-state index in [1.807, 2.05) is 25.0 Å². The summed E-state index contributed by atoms with van der Waals surface area (Å²) in [7, 11) is 5.40. The summed E-state index contributed by atoms with van der Waals surface area (Å²) in [5, 5.41) is 0. The van der Waals surface area contributed by atoms with Gasteiger partial charge in [-0.3, -0.25) is 13.9 Å². The first-order chi connectivity index (χ1) is 6.11. The quantitative estimate of drug-likeness (QED) is 0.492. The predicted molar refractivity (Wildman–Crippen MR) is 47.1 cm³/mol. The van der Waals surface area contributed by atoms with Crippen molar-refractivity contribution in [3.63, 3.8) is 0 Å². The number of hydrogen-bond donors (Lipinski definition) is 0. The molecule has 2 heterocycles. The van der Waals surface area contributed by atoms with Crippen LogP contribution >= 0.6 is 0 Å². The molecule has 2 rings (SSSR count). The Morgan fingerprint density at radius 3 is 2.77 bits per heavy atom. The van der Waals surface area contributed by atoms with E-state index in [1.165, 1.54) is 10.9 Å². The Bertz CT molecular complexity index is 523. The van der Waals surface area contributed by atoms with Gasteiger partial charge >= 0.3 is 5.65 Å². The maximum absolute atomic E-state index is 11.7. The maximum Gasteiger partial charge on any atom is 0.308 e. The summed E-state index contributed by atoms with van der Waals surface area (Å²) in [5.74, 6) is 0. The van der Waals surface area contributed by atoms with E-state index < -0.39 is 0 Å². The van der Waals surface area contributed by atoms with Gasteiger partial charge in [-0.05, 0) is 0 Å². The molecule has 0 aromatic carbocycles. The Balaban J connectivity index is 3.08. The summed E-state index contributed by atoms with van der Waals surface area (Å²) in [6.07, 6.45) is 3.36. The third-order valence-corrected chi connectivity index (χ3v) is 2.12. The average molecular weight is 179 g/mol. The van der Waals surface area contributed by atoms with Crippen LogP contribution in [0.25, 0.3) is 11.2 Å². The molecule has 0 bridgehead atoms. The molecule has 68 valence electrons. The van der Waals surface area contributed by atoms with E-state index in [2.05, 4.69) is 4.98 Å². The van der Waals surface area contributed by atoms with Crippen LogP contribution < -0.4 is 10.1 Å². The molecular formula is C8H11N4O+. The lowest BCUT2D eigenvalue weighted by molar-refractivity contribution is -0.647. The molecule has 0 atom stereocenters. The summed E-state index contributed by atoms with van der Waals surface area (Å²) in [6.45, 7) is 0. The number of aromatic nitrogens is 4. The Morgan fingerprint density at radius 1 is 1.38 bits per heavy atom. The first kappa shape index (κ1) is 7.97. The number of rotatable bonds is 0. The van der Waals surface area contributed by atoms with Gasteiger partial charge in [0.1, 0.15) is 0 Å². The molecule has 0 radical (unpaired) electrons. The minimum atomic E-state index is -0.0203. The molecule has 0 spiro atoms. The molecule has 0 fully saturated rings. The molecule has 0 aliphatic rings. The van der Waals surface area contributed by atoms with Crippen LogP contribution in [0.4, 0.5) is 0 Å². The molecule has 0 amide bonds. The van der Waals surface area contributed by atoms with Gasteiger partial charge in [0.05, 0.1) is 14.1 Å². The minimum Gasteiger partial charge on any atom is -0.285 e. The second kappa shape index (κ2) is 2.42. The summed E-state index contributed by atoms with van der Waals surface area (Å²) in [6, 6.07) is 0. The largest absolute Gasteiger partial charge is 0.308 e. The van der Waals surface area contributed by atoms with Gasteiger partial charge in [-0.1, -0.05) is 4.98 Å². The number of imidazole rings is 1. The Kier molecular flexibility index (Phi) is 1.48. The topological polar surface area (TPSA) is 43.7 Å². The molecule has 0 aliphatic heterocycles. The highest BCUT2D eigenvalue weighted by atomic mass is 16.1. The molecule has 0 saturated carbocycles. The van der Waals surface area contributed by atoms with E-state index >= 15 is 0 Å². The van der Waals surface area contributed by atoms with Crippen molar-refractivity contribution in [1.29, 1.82) is 0 Å². The molecule has 0 aliphatic carbocycles. The number of hydrogen-bond acceptors (Lipinski definition) is 2. The van der Waals surface area contributed by atoms with E-state index in [0.717, 1.165) is 0 Å². The highest BCUT2D eigenvalue weighted by Crippen LogP contribution is 1.98. The zero-order chi connectivity index (χ0) is 9.59. The standard InChI is InChI=1S/C8H11N4O/c1-10-4-9-7-6(8(10)13)11(2)5-12(7)3/h4-5H,1-3H3/q+1. The summed E-state index contributed by atoms with van der Waals surface area (Å²) >= 11 is 0. The fourth-order valence-electron chi connectivity index (χ4n) is 1.46. The number of fused-ring (bicyclic) bond motifs is 1. The SMILES string of the molecule is Cn1cnc2c(c1=O)n(C)c[n+]2C. The van der Waals surface area contributed by atoms with Crippen LogP contribution in [0.3, 0.4) is 0 Å². The van der Waals surface area contributed by atoms with Crippen LogP contribution in [0.2, 0.25) is 0 Å². The van der Waals surface area contributed by atoms with E-state index in [1.54, 1.807) is 11.6 Å². The van der Waals surface area contributed by atoms with Crippen LogP contribution in [-0.4, -0.2) is 14.1 Å². The molecule has 0 unspecified atom stereocenters. The monoisotopic (exact) mass is 179 g/mol. The highest BCUT2D eigenvalue weighted by Gasteiger charge is 2.15. The van der Waals surface area contributed by atoms with Crippen LogP contribution in [0.1, 0.15) is 0 Å². The van der Waals surface area contributed by atoms with Crippen molar-refractivity contribution in [2.24, 2.45) is 21.1 Å². The third kappa shape index (κ3) is 0.965. The van der Waals surface area contributed by atoms with Crippen molar-refractivity contribution in [2.45, 2.75) is 0 Å². The van der Waals surface area contributed by atoms with Gasteiger partial charge in [0.2, 0.25) is 5.52 Å². The van der Waals surface area contributed by atoms with Gasteiger partial charge in [-0.15, -0.1) is 0 Å². The van der Waals surface area contributed by atoms with Crippen molar-refractivity contribution >= 4 is 11.2 Å². The maximum atomic E-state index is 11.7. The second-order valence-corrected chi connectivity index (χ2v) is 3.17. The first-order valence-electron chi connectivity index (χ1n) is 3.97. The van der Waals surface area contributed by atoms with Crippen molar-refractivity contribution in [3.8, 4) is 0 Å². The lowest BCUT2D eigenvalue weighted by Gasteiger charge is -1.91. The number of aryl methyl sites for hydroxylation is 3. The molecule has 5 heteroatoms. The van der Waals surface area contributed by atoms with Gasteiger partial charge in [0.25, 0.3) is 5.56 Å². The molecule has 5 nitrogen and oxygen atoms in total. The first-order valence-corrected chi connectivity index (χ1v) is 3.97. The van der Waals surface area contributed by atoms with Crippen molar-refractivity contribution in [3.05, 3.63) is 23.0 Å².